The predicted molar refractivity (Wildman–Crippen MR) is 86.3 cm³/mol. The molecular formula is C18H17N3. The van der Waals surface area contributed by atoms with E-state index >= 15 is 0 Å². The van der Waals surface area contributed by atoms with E-state index in [1.807, 2.05) is 18.3 Å². The number of aryl methyl sites for hydroxylation is 2. The lowest BCUT2D eigenvalue weighted by atomic mass is 10.1. The lowest BCUT2D eigenvalue weighted by Crippen LogP contribution is -2.23. The van der Waals surface area contributed by atoms with E-state index in [1.165, 1.54) is 16.7 Å². The van der Waals surface area contributed by atoms with Crippen molar-refractivity contribution in [2.45, 2.75) is 20.4 Å². The molecule has 2 aromatic heterocycles. The Labute approximate surface area is 124 Å². The number of aromatic nitrogens is 1. The van der Waals surface area contributed by atoms with Crippen molar-refractivity contribution in [1.29, 1.82) is 5.41 Å². The molecule has 3 nitrogen and oxygen atoms in total. The van der Waals surface area contributed by atoms with Gasteiger partial charge in [-0.15, -0.1) is 0 Å². The van der Waals surface area contributed by atoms with Crippen molar-refractivity contribution in [2.75, 3.05) is 4.90 Å². The van der Waals surface area contributed by atoms with Crippen molar-refractivity contribution < 1.29 is 0 Å². The molecule has 0 aliphatic carbocycles. The summed E-state index contributed by atoms with van der Waals surface area (Å²) in [5, 5.41) is 8.58. The molecule has 21 heavy (non-hydrogen) atoms. The molecule has 0 spiro atoms. The fraction of sp³-hybridized carbons (Fsp3) is 0.167. The monoisotopic (exact) mass is 275 g/mol. The van der Waals surface area contributed by atoms with Crippen LogP contribution in [0.2, 0.25) is 0 Å². The normalized spacial score (nSPS) is 14.0. The molecule has 3 heteroatoms. The number of amidine groups is 1. The molecule has 3 heterocycles. The van der Waals surface area contributed by atoms with Crippen LogP contribution in [-0.4, -0.2) is 10.2 Å². The zero-order valence-corrected chi connectivity index (χ0v) is 12.2. The maximum atomic E-state index is 8.58. The molecule has 1 aliphatic rings. The van der Waals surface area contributed by atoms with Gasteiger partial charge in [0.15, 0.2) is 0 Å². The third kappa shape index (κ3) is 1.77. The van der Waals surface area contributed by atoms with Gasteiger partial charge in [0, 0.05) is 29.2 Å². The number of hydrogen-bond acceptors (Lipinski definition) is 1. The minimum Gasteiger partial charge on any atom is -0.323 e. The van der Waals surface area contributed by atoms with Gasteiger partial charge >= 0.3 is 0 Å². The van der Waals surface area contributed by atoms with Gasteiger partial charge in [0.25, 0.3) is 0 Å². The lowest BCUT2D eigenvalue weighted by Gasteiger charge is -2.20. The predicted octanol–water partition coefficient (Wildman–Crippen LogP) is 3.90. The summed E-state index contributed by atoms with van der Waals surface area (Å²) in [6.45, 7) is 4.99. The number of nitrogens with zero attached hydrogens (tertiary/aromatic N) is 2. The van der Waals surface area contributed by atoms with Crippen LogP contribution < -0.4 is 4.90 Å². The fourth-order valence-electron chi connectivity index (χ4n) is 3.28. The Morgan fingerprint density at radius 2 is 1.81 bits per heavy atom. The largest absolute Gasteiger partial charge is 0.323 e. The summed E-state index contributed by atoms with van der Waals surface area (Å²) in [4.78, 5) is 2.09. The molecule has 0 fully saturated rings. The molecule has 104 valence electrons. The minimum absolute atomic E-state index is 0.601. The third-order valence-electron chi connectivity index (χ3n) is 4.12. The molecule has 0 bridgehead atoms. The van der Waals surface area contributed by atoms with Crippen molar-refractivity contribution in [3.8, 4) is 0 Å². The van der Waals surface area contributed by atoms with Crippen LogP contribution in [0.25, 0.3) is 5.52 Å². The zero-order chi connectivity index (χ0) is 14.6. The standard InChI is InChI=1S/C18H17N3/c1-12-7-13(2)9-15(8-12)21-11-14-10-20-6-4-3-5-16(20)17(14)18(21)19/h3-10,19H,11H2,1-2H3. The van der Waals surface area contributed by atoms with E-state index in [1.54, 1.807) is 0 Å². The molecule has 3 aromatic rings. The van der Waals surface area contributed by atoms with E-state index in [0.29, 0.717) is 5.84 Å². The molecule has 0 saturated heterocycles. The van der Waals surface area contributed by atoms with Gasteiger partial charge in [-0.1, -0.05) is 12.1 Å². The molecule has 0 radical (unpaired) electrons. The van der Waals surface area contributed by atoms with Crippen LogP contribution in [0.4, 0.5) is 5.69 Å². The summed E-state index contributed by atoms with van der Waals surface area (Å²) in [5.74, 6) is 0.601. The maximum Gasteiger partial charge on any atom is 0.135 e. The second kappa shape index (κ2) is 4.22. The molecule has 1 aliphatic heterocycles. The first-order valence-electron chi connectivity index (χ1n) is 7.17. The number of fused-ring (bicyclic) bond motifs is 3. The van der Waals surface area contributed by atoms with Gasteiger partial charge in [0.2, 0.25) is 0 Å². The number of benzene rings is 1. The van der Waals surface area contributed by atoms with Crippen LogP contribution in [0.5, 0.6) is 0 Å². The Bertz CT molecular complexity index is 853. The second-order valence-electron chi connectivity index (χ2n) is 5.80. The maximum absolute atomic E-state index is 8.58. The Balaban J connectivity index is 1.83. The summed E-state index contributed by atoms with van der Waals surface area (Å²) in [6.07, 6.45) is 4.18. The third-order valence-corrected chi connectivity index (χ3v) is 4.12. The summed E-state index contributed by atoms with van der Waals surface area (Å²) < 4.78 is 2.11. The molecule has 0 atom stereocenters. The summed E-state index contributed by atoms with van der Waals surface area (Å²) in [6, 6.07) is 12.6. The van der Waals surface area contributed by atoms with Crippen molar-refractivity contribution in [1.82, 2.24) is 4.40 Å². The van der Waals surface area contributed by atoms with Gasteiger partial charge in [-0.2, -0.15) is 0 Å². The van der Waals surface area contributed by atoms with Crippen molar-refractivity contribution in [2.24, 2.45) is 0 Å². The Morgan fingerprint density at radius 3 is 2.57 bits per heavy atom. The molecule has 0 unspecified atom stereocenters. The van der Waals surface area contributed by atoms with Crippen molar-refractivity contribution >= 4 is 17.0 Å². The number of pyridine rings is 1. The first-order valence-corrected chi connectivity index (χ1v) is 7.17. The highest BCUT2D eigenvalue weighted by molar-refractivity contribution is 6.16. The number of rotatable bonds is 1. The quantitative estimate of drug-likeness (QED) is 0.717. The highest BCUT2D eigenvalue weighted by Gasteiger charge is 2.28. The molecule has 1 aromatic carbocycles. The minimum atomic E-state index is 0.601. The van der Waals surface area contributed by atoms with Gasteiger partial charge in [-0.25, -0.2) is 0 Å². The number of anilines is 1. The first kappa shape index (κ1) is 12.2. The Hall–Kier alpha value is -2.55. The van der Waals surface area contributed by atoms with Crippen LogP contribution in [0.1, 0.15) is 22.3 Å². The van der Waals surface area contributed by atoms with E-state index in [0.717, 1.165) is 23.3 Å². The number of nitrogens with one attached hydrogen (secondary N) is 1. The summed E-state index contributed by atoms with van der Waals surface area (Å²) in [5.41, 5.74) is 7.00. The number of hydrogen-bond donors (Lipinski definition) is 1. The van der Waals surface area contributed by atoms with Gasteiger partial charge in [0.1, 0.15) is 5.84 Å². The van der Waals surface area contributed by atoms with Crippen molar-refractivity contribution in [3.05, 3.63) is 71.0 Å². The molecule has 4 rings (SSSR count). The van der Waals surface area contributed by atoms with Crippen LogP contribution in [0.15, 0.2) is 48.8 Å². The first-order chi connectivity index (χ1) is 10.1. The summed E-state index contributed by atoms with van der Waals surface area (Å²) in [7, 11) is 0. The van der Waals surface area contributed by atoms with Crippen LogP contribution >= 0.6 is 0 Å². The zero-order valence-electron chi connectivity index (χ0n) is 12.2. The molecule has 0 amide bonds. The molecular weight excluding hydrogens is 258 g/mol. The highest BCUT2D eigenvalue weighted by Crippen LogP contribution is 2.32. The Kier molecular flexibility index (Phi) is 2.45. The second-order valence-corrected chi connectivity index (χ2v) is 5.80. The van der Waals surface area contributed by atoms with Crippen molar-refractivity contribution in [3.63, 3.8) is 0 Å². The van der Waals surface area contributed by atoms with E-state index in [2.05, 4.69) is 53.6 Å². The smallest absolute Gasteiger partial charge is 0.135 e. The van der Waals surface area contributed by atoms with E-state index in [-0.39, 0.29) is 0 Å². The fourth-order valence-corrected chi connectivity index (χ4v) is 3.28. The van der Waals surface area contributed by atoms with Gasteiger partial charge in [0.05, 0.1) is 12.1 Å². The van der Waals surface area contributed by atoms with Gasteiger partial charge < -0.3 is 9.30 Å². The van der Waals surface area contributed by atoms with E-state index in [4.69, 9.17) is 5.41 Å². The van der Waals surface area contributed by atoms with Crippen LogP contribution in [0, 0.1) is 19.3 Å². The summed E-state index contributed by atoms with van der Waals surface area (Å²) >= 11 is 0. The van der Waals surface area contributed by atoms with Gasteiger partial charge in [-0.3, -0.25) is 5.41 Å². The van der Waals surface area contributed by atoms with E-state index < -0.39 is 0 Å². The molecule has 1 N–H and O–H groups in total. The highest BCUT2D eigenvalue weighted by atomic mass is 15.2. The average Bonchev–Trinajstić information content (AvgIpc) is 2.95. The average molecular weight is 275 g/mol. The van der Waals surface area contributed by atoms with Crippen LogP contribution in [-0.2, 0) is 6.54 Å². The molecule has 0 saturated carbocycles. The van der Waals surface area contributed by atoms with E-state index in [9.17, 15) is 0 Å². The van der Waals surface area contributed by atoms with Gasteiger partial charge in [-0.05, 0) is 49.2 Å². The Morgan fingerprint density at radius 1 is 1.05 bits per heavy atom. The topological polar surface area (TPSA) is 31.5 Å². The lowest BCUT2D eigenvalue weighted by molar-refractivity contribution is 1.03. The van der Waals surface area contributed by atoms with Crippen LogP contribution in [0.3, 0.4) is 0 Å². The SMILES string of the molecule is Cc1cc(C)cc(N2Cc3cn4ccccc4c3C2=N)c1.